The third-order valence-electron chi connectivity index (χ3n) is 4.25. The Labute approximate surface area is 159 Å². The lowest BCUT2D eigenvalue weighted by Gasteiger charge is -2.27. The topological polar surface area (TPSA) is 93.9 Å². The van der Waals surface area contributed by atoms with Gasteiger partial charge in [0.25, 0.3) is 0 Å². The molecule has 1 atom stereocenters. The van der Waals surface area contributed by atoms with Gasteiger partial charge in [-0.1, -0.05) is 36.4 Å². The molecule has 3 N–H and O–H groups in total. The van der Waals surface area contributed by atoms with E-state index in [0.717, 1.165) is 11.1 Å². The maximum Gasteiger partial charge on any atom is 0.318 e. The SMILES string of the molecule is COc1ccc(CCN(C)[C@H](C(=O)NC(N)=O)c2ccccc2)cc1OC. The average molecular weight is 371 g/mol. The van der Waals surface area contributed by atoms with Crippen molar-refractivity contribution in [2.75, 3.05) is 27.8 Å². The highest BCUT2D eigenvalue weighted by molar-refractivity contribution is 5.96. The zero-order chi connectivity index (χ0) is 19.8. The van der Waals surface area contributed by atoms with Crippen molar-refractivity contribution in [2.24, 2.45) is 5.73 Å². The molecule has 27 heavy (non-hydrogen) atoms. The summed E-state index contributed by atoms with van der Waals surface area (Å²) in [5.74, 6) is 0.866. The van der Waals surface area contributed by atoms with Crippen LogP contribution in [-0.4, -0.2) is 44.7 Å². The highest BCUT2D eigenvalue weighted by atomic mass is 16.5. The van der Waals surface area contributed by atoms with Crippen molar-refractivity contribution < 1.29 is 19.1 Å². The van der Waals surface area contributed by atoms with Gasteiger partial charge in [0.05, 0.1) is 14.2 Å². The number of carbonyl (C=O) groups excluding carboxylic acids is 2. The second-order valence-electron chi connectivity index (χ2n) is 6.09. The van der Waals surface area contributed by atoms with Crippen molar-refractivity contribution in [3.63, 3.8) is 0 Å². The molecule has 0 fully saturated rings. The second kappa shape index (κ2) is 9.59. The lowest BCUT2D eigenvalue weighted by atomic mass is 10.0. The van der Waals surface area contributed by atoms with Crippen molar-refractivity contribution in [1.82, 2.24) is 10.2 Å². The number of hydrogen-bond donors (Lipinski definition) is 2. The molecule has 0 heterocycles. The number of rotatable bonds is 8. The molecule has 2 aromatic carbocycles. The molecule has 7 nitrogen and oxygen atoms in total. The molecule has 3 amide bonds. The van der Waals surface area contributed by atoms with E-state index in [1.54, 1.807) is 14.2 Å². The first-order chi connectivity index (χ1) is 13.0. The van der Waals surface area contributed by atoms with Crippen LogP contribution in [-0.2, 0) is 11.2 Å². The molecule has 2 aromatic rings. The zero-order valence-corrected chi connectivity index (χ0v) is 15.8. The van der Waals surface area contributed by atoms with Gasteiger partial charge in [-0.3, -0.25) is 15.0 Å². The van der Waals surface area contributed by atoms with E-state index in [1.165, 1.54) is 0 Å². The fraction of sp³-hybridized carbons (Fsp3) is 0.300. The summed E-state index contributed by atoms with van der Waals surface area (Å²) in [6.07, 6.45) is 0.685. The quantitative estimate of drug-likeness (QED) is 0.741. The summed E-state index contributed by atoms with van der Waals surface area (Å²) in [6, 6.07) is 13.5. The molecule has 0 radical (unpaired) electrons. The molecule has 0 saturated heterocycles. The van der Waals surface area contributed by atoms with Crippen LogP contribution in [0.25, 0.3) is 0 Å². The first-order valence-electron chi connectivity index (χ1n) is 8.52. The first-order valence-corrected chi connectivity index (χ1v) is 8.52. The van der Waals surface area contributed by atoms with Crippen LogP contribution in [0.2, 0.25) is 0 Å². The van der Waals surface area contributed by atoms with Gasteiger partial charge >= 0.3 is 6.03 Å². The van der Waals surface area contributed by atoms with E-state index in [1.807, 2.05) is 60.5 Å². The molecule has 0 spiro atoms. The van der Waals surface area contributed by atoms with Gasteiger partial charge in [-0.2, -0.15) is 0 Å². The number of hydrogen-bond acceptors (Lipinski definition) is 5. The predicted octanol–water partition coefficient (Wildman–Crippen LogP) is 2.11. The van der Waals surface area contributed by atoms with E-state index in [4.69, 9.17) is 15.2 Å². The third-order valence-corrected chi connectivity index (χ3v) is 4.25. The maximum atomic E-state index is 12.5. The van der Waals surface area contributed by atoms with Crippen LogP contribution in [0.4, 0.5) is 4.79 Å². The normalized spacial score (nSPS) is 11.7. The van der Waals surface area contributed by atoms with Gasteiger partial charge in [-0.15, -0.1) is 0 Å². The molecule has 0 unspecified atom stereocenters. The Balaban J connectivity index is 2.15. The van der Waals surface area contributed by atoms with Gasteiger partial charge in [0.15, 0.2) is 11.5 Å². The number of nitrogens with two attached hydrogens (primary N) is 1. The van der Waals surface area contributed by atoms with Crippen molar-refractivity contribution in [2.45, 2.75) is 12.5 Å². The Morgan fingerprint density at radius 2 is 1.74 bits per heavy atom. The van der Waals surface area contributed by atoms with Gasteiger partial charge in [-0.25, -0.2) is 4.79 Å². The highest BCUT2D eigenvalue weighted by Gasteiger charge is 2.25. The monoisotopic (exact) mass is 371 g/mol. The lowest BCUT2D eigenvalue weighted by molar-refractivity contribution is -0.125. The summed E-state index contributed by atoms with van der Waals surface area (Å²) in [7, 11) is 5.01. The highest BCUT2D eigenvalue weighted by Crippen LogP contribution is 2.28. The summed E-state index contributed by atoms with van der Waals surface area (Å²) in [6.45, 7) is 0.585. The predicted molar refractivity (Wildman–Crippen MR) is 103 cm³/mol. The molecular weight excluding hydrogens is 346 g/mol. The standard InChI is InChI=1S/C20H25N3O4/c1-23(12-11-14-9-10-16(26-2)17(13-14)27-3)18(19(24)22-20(21)25)15-7-5-4-6-8-15/h4-10,13,18H,11-12H2,1-3H3,(H3,21,22,24,25)/t18-/m0/s1. The first kappa shape index (κ1) is 20.3. The van der Waals surface area contributed by atoms with Gasteiger partial charge in [-0.05, 0) is 36.7 Å². The minimum absolute atomic E-state index is 0.455. The Bertz CT molecular complexity index is 780. The zero-order valence-electron chi connectivity index (χ0n) is 15.8. The van der Waals surface area contributed by atoms with Crippen LogP contribution >= 0.6 is 0 Å². The van der Waals surface area contributed by atoms with E-state index < -0.39 is 18.0 Å². The van der Waals surface area contributed by atoms with Crippen molar-refractivity contribution in [3.05, 3.63) is 59.7 Å². The maximum absolute atomic E-state index is 12.5. The summed E-state index contributed by atoms with van der Waals surface area (Å²) in [4.78, 5) is 25.5. The molecule has 0 aliphatic heterocycles. The number of carbonyl (C=O) groups is 2. The average Bonchev–Trinajstić information content (AvgIpc) is 2.66. The van der Waals surface area contributed by atoms with Crippen LogP contribution in [0.1, 0.15) is 17.2 Å². The molecule has 144 valence electrons. The number of methoxy groups -OCH3 is 2. The molecular formula is C20H25N3O4. The van der Waals surface area contributed by atoms with E-state index in [0.29, 0.717) is 24.5 Å². The molecule has 7 heteroatoms. The number of amides is 3. The Kier molecular flexibility index (Phi) is 7.19. The third kappa shape index (κ3) is 5.46. The molecule has 0 saturated carbocycles. The number of nitrogens with zero attached hydrogens (tertiary/aromatic N) is 1. The number of primary amides is 1. The van der Waals surface area contributed by atoms with Crippen LogP contribution in [0, 0.1) is 0 Å². The minimum Gasteiger partial charge on any atom is -0.493 e. The van der Waals surface area contributed by atoms with E-state index >= 15 is 0 Å². The number of benzene rings is 2. The number of nitrogens with one attached hydrogen (secondary N) is 1. The van der Waals surface area contributed by atoms with Crippen LogP contribution in [0.15, 0.2) is 48.5 Å². The van der Waals surface area contributed by atoms with Gasteiger partial charge < -0.3 is 15.2 Å². The summed E-state index contributed by atoms with van der Waals surface area (Å²) in [5.41, 5.74) is 6.95. The van der Waals surface area contributed by atoms with Crippen molar-refractivity contribution in [1.29, 1.82) is 0 Å². The van der Waals surface area contributed by atoms with Crippen LogP contribution < -0.4 is 20.5 Å². The number of imide groups is 1. The molecule has 0 aromatic heterocycles. The largest absolute Gasteiger partial charge is 0.493 e. The summed E-state index contributed by atoms with van der Waals surface area (Å²) < 4.78 is 10.6. The number of ether oxygens (including phenoxy) is 2. The van der Waals surface area contributed by atoms with Gasteiger partial charge in [0.1, 0.15) is 6.04 Å². The fourth-order valence-electron chi connectivity index (χ4n) is 2.90. The lowest BCUT2D eigenvalue weighted by Crippen LogP contribution is -2.44. The van der Waals surface area contributed by atoms with Gasteiger partial charge in [0, 0.05) is 6.54 Å². The molecule has 0 aliphatic rings. The Hall–Kier alpha value is -3.06. The van der Waals surface area contributed by atoms with Crippen molar-refractivity contribution >= 4 is 11.9 Å². The smallest absolute Gasteiger partial charge is 0.318 e. The van der Waals surface area contributed by atoms with E-state index in [-0.39, 0.29) is 0 Å². The molecule has 0 bridgehead atoms. The van der Waals surface area contributed by atoms with Crippen LogP contribution in [0.3, 0.4) is 0 Å². The molecule has 2 rings (SSSR count). The minimum atomic E-state index is -0.866. The number of urea groups is 1. The van der Waals surface area contributed by atoms with E-state index in [9.17, 15) is 9.59 Å². The van der Waals surface area contributed by atoms with Gasteiger partial charge in [0.2, 0.25) is 5.91 Å². The number of likely N-dealkylation sites (N-methyl/N-ethyl adjacent to an activating group) is 1. The summed E-state index contributed by atoms with van der Waals surface area (Å²) >= 11 is 0. The summed E-state index contributed by atoms with van der Waals surface area (Å²) in [5, 5.41) is 2.18. The molecule has 0 aliphatic carbocycles. The second-order valence-corrected chi connectivity index (χ2v) is 6.09. The van der Waals surface area contributed by atoms with Crippen LogP contribution in [0.5, 0.6) is 11.5 Å². The Morgan fingerprint density at radius 3 is 2.33 bits per heavy atom. The van der Waals surface area contributed by atoms with Crippen molar-refractivity contribution in [3.8, 4) is 11.5 Å². The van der Waals surface area contributed by atoms with E-state index in [2.05, 4.69) is 5.32 Å². The fourth-order valence-corrected chi connectivity index (χ4v) is 2.90. The Morgan fingerprint density at radius 1 is 1.07 bits per heavy atom.